The van der Waals surface area contributed by atoms with Crippen LogP contribution in [0.1, 0.15) is 15.9 Å². The number of hydrogen-bond donors (Lipinski definition) is 2. The van der Waals surface area contributed by atoms with Gasteiger partial charge in [0.15, 0.2) is 0 Å². The number of nitrogens with one attached hydrogen (secondary N) is 2. The third-order valence-electron chi connectivity index (χ3n) is 3.45. The lowest BCUT2D eigenvalue weighted by Gasteiger charge is -2.13. The third-order valence-corrected chi connectivity index (χ3v) is 3.77. The summed E-state index contributed by atoms with van der Waals surface area (Å²) in [6.07, 6.45) is 0. The second-order valence-electron chi connectivity index (χ2n) is 5.60. The van der Waals surface area contributed by atoms with E-state index in [4.69, 9.17) is 11.6 Å². The number of rotatable bonds is 5. The van der Waals surface area contributed by atoms with E-state index in [0.29, 0.717) is 11.3 Å². The molecule has 9 heteroatoms. The lowest BCUT2D eigenvalue weighted by atomic mass is 10.1. The first-order valence-corrected chi connectivity index (χ1v) is 7.95. The summed E-state index contributed by atoms with van der Waals surface area (Å²) in [5, 5.41) is 16.4. The smallest absolute Gasteiger partial charge is 0.321 e. The van der Waals surface area contributed by atoms with Crippen molar-refractivity contribution in [3.63, 3.8) is 0 Å². The van der Waals surface area contributed by atoms with E-state index in [1.165, 1.54) is 23.1 Å². The van der Waals surface area contributed by atoms with E-state index in [1.807, 2.05) is 0 Å². The molecule has 0 aliphatic heterocycles. The number of nitro benzene ring substituents is 1. The first-order valence-electron chi connectivity index (χ1n) is 7.58. The summed E-state index contributed by atoms with van der Waals surface area (Å²) in [4.78, 5) is 35.8. The summed E-state index contributed by atoms with van der Waals surface area (Å²) >= 11 is 5.94. The number of carbonyl (C=O) groups is 2. The number of nitro groups is 1. The minimum atomic E-state index is -0.655. The van der Waals surface area contributed by atoms with Crippen LogP contribution in [0.2, 0.25) is 5.02 Å². The van der Waals surface area contributed by atoms with Crippen LogP contribution in [-0.2, 0) is 6.54 Å². The van der Waals surface area contributed by atoms with Crippen LogP contribution in [0.25, 0.3) is 0 Å². The SMILES string of the molecule is CN(C)C(=O)Nc1cccc(CNC(=O)c2c(Cl)cccc2[N+](=O)[O-])c1. The average Bonchev–Trinajstić information content (AvgIpc) is 2.59. The van der Waals surface area contributed by atoms with Gasteiger partial charge in [-0.05, 0) is 23.8 Å². The van der Waals surface area contributed by atoms with Gasteiger partial charge in [-0.3, -0.25) is 14.9 Å². The van der Waals surface area contributed by atoms with Gasteiger partial charge in [-0.2, -0.15) is 0 Å². The van der Waals surface area contributed by atoms with E-state index in [-0.39, 0.29) is 28.8 Å². The number of halogens is 1. The molecule has 3 amide bonds. The molecular weight excluding hydrogens is 360 g/mol. The molecule has 0 unspecified atom stereocenters. The van der Waals surface area contributed by atoms with Gasteiger partial charge in [0.2, 0.25) is 0 Å². The molecule has 0 aromatic heterocycles. The molecule has 8 nitrogen and oxygen atoms in total. The van der Waals surface area contributed by atoms with E-state index < -0.39 is 10.8 Å². The van der Waals surface area contributed by atoms with Crippen molar-refractivity contribution in [1.82, 2.24) is 10.2 Å². The maximum Gasteiger partial charge on any atom is 0.321 e. The normalized spacial score (nSPS) is 10.1. The highest BCUT2D eigenvalue weighted by Crippen LogP contribution is 2.26. The van der Waals surface area contributed by atoms with Gasteiger partial charge in [-0.1, -0.05) is 29.8 Å². The topological polar surface area (TPSA) is 105 Å². The number of hydrogen-bond acceptors (Lipinski definition) is 4. The molecule has 2 rings (SSSR count). The molecule has 0 aliphatic rings. The van der Waals surface area contributed by atoms with E-state index in [9.17, 15) is 19.7 Å². The molecule has 0 aliphatic carbocycles. The van der Waals surface area contributed by atoms with E-state index in [0.717, 1.165) is 0 Å². The van der Waals surface area contributed by atoms with Gasteiger partial charge in [0.05, 0.1) is 9.95 Å². The first-order chi connectivity index (χ1) is 12.3. The first kappa shape index (κ1) is 19.2. The zero-order valence-corrected chi connectivity index (χ0v) is 14.9. The second-order valence-corrected chi connectivity index (χ2v) is 6.01. The molecule has 0 heterocycles. The number of carbonyl (C=O) groups excluding carboxylic acids is 2. The van der Waals surface area contributed by atoms with Gasteiger partial charge in [-0.15, -0.1) is 0 Å². The van der Waals surface area contributed by atoms with E-state index in [1.54, 1.807) is 38.4 Å². The number of urea groups is 1. The molecule has 0 spiro atoms. The highest BCUT2D eigenvalue weighted by Gasteiger charge is 2.23. The summed E-state index contributed by atoms with van der Waals surface area (Å²) in [5.74, 6) is -0.648. The lowest BCUT2D eigenvalue weighted by Crippen LogP contribution is -2.27. The summed E-state index contributed by atoms with van der Waals surface area (Å²) in [6.45, 7) is 0.118. The summed E-state index contributed by atoms with van der Waals surface area (Å²) in [6, 6.07) is 10.7. The van der Waals surface area contributed by atoms with E-state index >= 15 is 0 Å². The Kier molecular flexibility index (Phi) is 6.13. The monoisotopic (exact) mass is 376 g/mol. The molecule has 26 heavy (non-hydrogen) atoms. The molecule has 0 fully saturated rings. The fourth-order valence-electron chi connectivity index (χ4n) is 2.15. The van der Waals surface area contributed by atoms with Crippen molar-refractivity contribution >= 4 is 34.9 Å². The van der Waals surface area contributed by atoms with Crippen molar-refractivity contribution in [3.05, 3.63) is 68.7 Å². The van der Waals surface area contributed by atoms with Gasteiger partial charge >= 0.3 is 6.03 Å². The Morgan fingerprint density at radius 1 is 1.19 bits per heavy atom. The molecule has 0 saturated heterocycles. The average molecular weight is 377 g/mol. The molecular formula is C17H17ClN4O4. The predicted molar refractivity (Wildman–Crippen MR) is 98.4 cm³/mol. The van der Waals surface area contributed by atoms with E-state index in [2.05, 4.69) is 10.6 Å². The number of nitrogens with zero attached hydrogens (tertiary/aromatic N) is 2. The molecule has 0 bridgehead atoms. The Balaban J connectivity index is 2.11. The number of benzene rings is 2. The van der Waals surface area contributed by atoms with Crippen LogP contribution in [-0.4, -0.2) is 35.9 Å². The van der Waals surface area contributed by atoms with Crippen LogP contribution >= 0.6 is 11.6 Å². The van der Waals surface area contributed by atoms with Crippen LogP contribution in [0.3, 0.4) is 0 Å². The Labute approximate surface area is 154 Å². The maximum atomic E-state index is 12.3. The van der Waals surface area contributed by atoms with Crippen LogP contribution in [0, 0.1) is 10.1 Å². The van der Waals surface area contributed by atoms with Crippen molar-refractivity contribution in [2.45, 2.75) is 6.54 Å². The minimum Gasteiger partial charge on any atom is -0.348 e. The highest BCUT2D eigenvalue weighted by molar-refractivity contribution is 6.34. The van der Waals surface area contributed by atoms with Crippen LogP contribution < -0.4 is 10.6 Å². The largest absolute Gasteiger partial charge is 0.348 e. The van der Waals surface area contributed by atoms with Crippen molar-refractivity contribution in [2.24, 2.45) is 0 Å². The standard InChI is InChI=1S/C17H17ClN4O4/c1-21(2)17(24)20-12-6-3-5-11(9-12)10-19-16(23)15-13(18)7-4-8-14(15)22(25)26/h3-9H,10H2,1-2H3,(H,19,23)(H,20,24). The van der Waals surface area contributed by atoms with Crippen molar-refractivity contribution < 1.29 is 14.5 Å². The van der Waals surface area contributed by atoms with Crippen molar-refractivity contribution in [1.29, 1.82) is 0 Å². The summed E-state index contributed by atoms with van der Waals surface area (Å²) in [5.41, 5.74) is 0.738. The zero-order valence-electron chi connectivity index (χ0n) is 14.2. The predicted octanol–water partition coefficient (Wildman–Crippen LogP) is 3.27. The second kappa shape index (κ2) is 8.30. The van der Waals surface area contributed by atoms with Gasteiger partial charge in [0, 0.05) is 32.4 Å². The van der Waals surface area contributed by atoms with Crippen molar-refractivity contribution in [3.8, 4) is 0 Å². The lowest BCUT2D eigenvalue weighted by molar-refractivity contribution is -0.385. The highest BCUT2D eigenvalue weighted by atomic mass is 35.5. The molecule has 2 N–H and O–H groups in total. The number of amides is 3. The molecule has 136 valence electrons. The Morgan fingerprint density at radius 2 is 1.88 bits per heavy atom. The Bertz CT molecular complexity index is 854. The quantitative estimate of drug-likeness (QED) is 0.617. The van der Waals surface area contributed by atoms with Crippen LogP contribution in [0.5, 0.6) is 0 Å². The fraction of sp³-hybridized carbons (Fsp3) is 0.176. The number of anilines is 1. The molecule has 0 atom stereocenters. The van der Waals surface area contributed by atoms with Crippen LogP contribution in [0.4, 0.5) is 16.2 Å². The van der Waals surface area contributed by atoms with Gasteiger partial charge in [-0.25, -0.2) is 4.79 Å². The summed E-state index contributed by atoms with van der Waals surface area (Å²) < 4.78 is 0. The minimum absolute atomic E-state index is 0.00342. The third kappa shape index (κ3) is 4.70. The Hall–Kier alpha value is -3.13. The molecule has 2 aromatic carbocycles. The molecule has 0 radical (unpaired) electrons. The van der Waals surface area contributed by atoms with Gasteiger partial charge < -0.3 is 15.5 Å². The molecule has 0 saturated carbocycles. The fourth-order valence-corrected chi connectivity index (χ4v) is 2.41. The summed E-state index contributed by atoms with van der Waals surface area (Å²) in [7, 11) is 3.24. The zero-order chi connectivity index (χ0) is 19.3. The van der Waals surface area contributed by atoms with Crippen molar-refractivity contribution in [2.75, 3.05) is 19.4 Å². The maximum absolute atomic E-state index is 12.3. The Morgan fingerprint density at radius 3 is 2.54 bits per heavy atom. The molecule has 2 aromatic rings. The van der Waals surface area contributed by atoms with Crippen LogP contribution in [0.15, 0.2) is 42.5 Å². The van der Waals surface area contributed by atoms with Gasteiger partial charge in [0.1, 0.15) is 5.56 Å². The van der Waals surface area contributed by atoms with Gasteiger partial charge in [0.25, 0.3) is 11.6 Å².